The van der Waals surface area contributed by atoms with Crippen molar-refractivity contribution in [1.29, 1.82) is 0 Å². The number of aliphatic hydroxyl groups excluding tert-OH is 1. The molecule has 3 heteroatoms. The summed E-state index contributed by atoms with van der Waals surface area (Å²) >= 11 is 0. The molecule has 0 spiro atoms. The van der Waals surface area contributed by atoms with E-state index in [9.17, 15) is 0 Å². The van der Waals surface area contributed by atoms with Crippen molar-refractivity contribution < 1.29 is 14.6 Å². The molecule has 0 aromatic rings. The van der Waals surface area contributed by atoms with E-state index in [4.69, 9.17) is 14.6 Å². The lowest BCUT2D eigenvalue weighted by Crippen LogP contribution is -2.25. The normalized spacial score (nSPS) is 27.5. The van der Waals surface area contributed by atoms with Crippen molar-refractivity contribution in [2.45, 2.75) is 64.4 Å². The van der Waals surface area contributed by atoms with E-state index in [1.165, 1.54) is 12.8 Å². The van der Waals surface area contributed by atoms with Crippen LogP contribution in [0.5, 0.6) is 0 Å². The minimum absolute atomic E-state index is 0.0439. The maximum Gasteiger partial charge on any atom is 0.165 e. The number of unbranched alkanes of at least 4 members (excludes halogenated alkanes) is 3. The molecule has 1 aliphatic rings. The summed E-state index contributed by atoms with van der Waals surface area (Å²) in [5.41, 5.74) is 0. The van der Waals surface area contributed by atoms with Crippen molar-refractivity contribution in [2.24, 2.45) is 0 Å². The van der Waals surface area contributed by atoms with Crippen LogP contribution < -0.4 is 0 Å². The first-order valence-corrected chi connectivity index (χ1v) is 6.04. The van der Waals surface area contributed by atoms with Gasteiger partial charge in [-0.15, -0.1) is 5.92 Å². The average molecular weight is 226 g/mol. The van der Waals surface area contributed by atoms with Crippen LogP contribution in [-0.4, -0.2) is 29.7 Å². The fraction of sp³-hybridized carbons (Fsp3) is 0.846. The summed E-state index contributed by atoms with van der Waals surface area (Å²) in [6, 6.07) is 0. The Morgan fingerprint density at radius 2 is 2.00 bits per heavy atom. The van der Waals surface area contributed by atoms with E-state index in [-0.39, 0.29) is 18.8 Å². The summed E-state index contributed by atoms with van der Waals surface area (Å²) in [6.45, 7) is 5.81. The lowest BCUT2D eigenvalue weighted by Gasteiger charge is -2.15. The van der Waals surface area contributed by atoms with Gasteiger partial charge in [-0.1, -0.05) is 25.7 Å². The Hall–Kier alpha value is -0.560. The molecule has 1 heterocycles. The van der Waals surface area contributed by atoms with E-state index in [0.717, 1.165) is 12.8 Å². The summed E-state index contributed by atoms with van der Waals surface area (Å²) in [5, 5.41) is 9.14. The third kappa shape index (κ3) is 4.13. The van der Waals surface area contributed by atoms with Crippen molar-refractivity contribution in [3.63, 3.8) is 0 Å². The smallest absolute Gasteiger partial charge is 0.165 e. The predicted octanol–water partition coefficient (Wildman–Crippen LogP) is 2.08. The number of rotatable bonds is 4. The van der Waals surface area contributed by atoms with E-state index in [1.54, 1.807) is 0 Å². The molecule has 1 rings (SSSR count). The van der Waals surface area contributed by atoms with Gasteiger partial charge in [0.2, 0.25) is 0 Å². The topological polar surface area (TPSA) is 38.7 Å². The zero-order chi connectivity index (χ0) is 12.0. The van der Waals surface area contributed by atoms with Crippen LogP contribution in [0.25, 0.3) is 0 Å². The van der Waals surface area contributed by atoms with Crippen molar-refractivity contribution >= 4 is 0 Å². The van der Waals surface area contributed by atoms with E-state index < -0.39 is 5.79 Å². The van der Waals surface area contributed by atoms with Crippen molar-refractivity contribution in [3.8, 4) is 11.8 Å². The standard InChI is InChI=1S/C13H22O3/c1-4-5-6-7-8-9-11-12(10-14)16-13(2,3)15-11/h11-12,14H,4-7,10H2,1-3H3. The molecule has 2 unspecified atom stereocenters. The molecule has 0 aromatic carbocycles. The largest absolute Gasteiger partial charge is 0.394 e. The molecule has 1 aliphatic heterocycles. The monoisotopic (exact) mass is 226 g/mol. The Bertz CT molecular complexity index is 262. The molecule has 0 aliphatic carbocycles. The highest BCUT2D eigenvalue weighted by Crippen LogP contribution is 2.27. The third-order valence-corrected chi connectivity index (χ3v) is 2.51. The maximum absolute atomic E-state index is 9.14. The molecule has 1 N–H and O–H groups in total. The first-order chi connectivity index (χ1) is 7.59. The molecule has 1 fully saturated rings. The molecule has 0 saturated carbocycles. The first-order valence-electron chi connectivity index (χ1n) is 6.04. The van der Waals surface area contributed by atoms with E-state index in [0.29, 0.717) is 0 Å². The first kappa shape index (κ1) is 13.5. The molecule has 0 amide bonds. The molecular formula is C13H22O3. The van der Waals surface area contributed by atoms with Crippen LogP contribution >= 0.6 is 0 Å². The van der Waals surface area contributed by atoms with Gasteiger partial charge in [0.05, 0.1) is 6.61 Å². The lowest BCUT2D eigenvalue weighted by molar-refractivity contribution is -0.145. The van der Waals surface area contributed by atoms with E-state index in [2.05, 4.69) is 18.8 Å². The number of aliphatic hydroxyl groups is 1. The highest BCUT2D eigenvalue weighted by molar-refractivity contribution is 5.10. The quantitative estimate of drug-likeness (QED) is 0.589. The molecule has 0 bridgehead atoms. The molecular weight excluding hydrogens is 204 g/mol. The van der Waals surface area contributed by atoms with E-state index in [1.807, 2.05) is 13.8 Å². The van der Waals surface area contributed by atoms with Crippen molar-refractivity contribution in [1.82, 2.24) is 0 Å². The highest BCUT2D eigenvalue weighted by atomic mass is 16.8. The van der Waals surface area contributed by atoms with E-state index >= 15 is 0 Å². The maximum atomic E-state index is 9.14. The van der Waals surface area contributed by atoms with Crippen LogP contribution in [0.4, 0.5) is 0 Å². The Morgan fingerprint density at radius 3 is 2.62 bits per heavy atom. The van der Waals surface area contributed by atoms with Gasteiger partial charge in [0.15, 0.2) is 5.79 Å². The number of hydrogen-bond acceptors (Lipinski definition) is 3. The predicted molar refractivity (Wildman–Crippen MR) is 62.8 cm³/mol. The van der Waals surface area contributed by atoms with Crippen LogP contribution in [0.15, 0.2) is 0 Å². The fourth-order valence-electron chi connectivity index (χ4n) is 1.73. The highest BCUT2D eigenvalue weighted by Gasteiger charge is 2.39. The SMILES string of the molecule is CCCCCC#CC1OC(C)(C)OC1CO. The molecule has 3 nitrogen and oxygen atoms in total. The van der Waals surface area contributed by atoms with Gasteiger partial charge >= 0.3 is 0 Å². The Balaban J connectivity index is 2.40. The van der Waals surface area contributed by atoms with Gasteiger partial charge in [0.1, 0.15) is 12.2 Å². The van der Waals surface area contributed by atoms with Crippen LogP contribution in [0.2, 0.25) is 0 Å². The Labute approximate surface area is 98.1 Å². The number of hydrogen-bond donors (Lipinski definition) is 1. The van der Waals surface area contributed by atoms with Crippen molar-refractivity contribution in [2.75, 3.05) is 6.61 Å². The van der Waals surface area contributed by atoms with Gasteiger partial charge in [-0.25, -0.2) is 0 Å². The summed E-state index contributed by atoms with van der Waals surface area (Å²) in [6.07, 6.45) is 3.84. The molecule has 2 atom stereocenters. The second-order valence-electron chi connectivity index (χ2n) is 4.56. The number of ether oxygens (including phenoxy) is 2. The average Bonchev–Trinajstić information content (AvgIpc) is 2.53. The van der Waals surface area contributed by atoms with Gasteiger partial charge in [-0.05, 0) is 20.3 Å². The van der Waals surface area contributed by atoms with Crippen LogP contribution in [0, 0.1) is 11.8 Å². The van der Waals surface area contributed by atoms with Crippen LogP contribution in [-0.2, 0) is 9.47 Å². The fourth-order valence-corrected chi connectivity index (χ4v) is 1.73. The van der Waals surface area contributed by atoms with Gasteiger partial charge < -0.3 is 14.6 Å². The van der Waals surface area contributed by atoms with Crippen molar-refractivity contribution in [3.05, 3.63) is 0 Å². The van der Waals surface area contributed by atoms with Gasteiger partial charge in [-0.2, -0.15) is 0 Å². The molecule has 1 saturated heterocycles. The summed E-state index contributed by atoms with van der Waals surface area (Å²) < 4.78 is 11.1. The van der Waals surface area contributed by atoms with Gasteiger partial charge in [-0.3, -0.25) is 0 Å². The molecule has 0 aromatic heterocycles. The second-order valence-corrected chi connectivity index (χ2v) is 4.56. The van der Waals surface area contributed by atoms with Crippen LogP contribution in [0.3, 0.4) is 0 Å². The molecule has 92 valence electrons. The third-order valence-electron chi connectivity index (χ3n) is 2.51. The minimum Gasteiger partial charge on any atom is -0.394 e. The zero-order valence-corrected chi connectivity index (χ0v) is 10.5. The summed E-state index contributed by atoms with van der Waals surface area (Å²) in [5.74, 6) is 5.51. The Morgan fingerprint density at radius 1 is 1.25 bits per heavy atom. The molecule has 0 radical (unpaired) electrons. The van der Waals surface area contributed by atoms with Crippen LogP contribution in [0.1, 0.15) is 46.5 Å². The van der Waals surface area contributed by atoms with Gasteiger partial charge in [0, 0.05) is 6.42 Å². The minimum atomic E-state index is -0.629. The lowest BCUT2D eigenvalue weighted by atomic mass is 10.2. The zero-order valence-electron chi connectivity index (χ0n) is 10.5. The second kappa shape index (κ2) is 6.24. The summed E-state index contributed by atoms with van der Waals surface area (Å²) in [4.78, 5) is 0. The van der Waals surface area contributed by atoms with Gasteiger partial charge in [0.25, 0.3) is 0 Å². The molecule has 16 heavy (non-hydrogen) atoms. The Kier molecular flexibility index (Phi) is 5.27. The summed E-state index contributed by atoms with van der Waals surface area (Å²) in [7, 11) is 0.